The van der Waals surface area contributed by atoms with Crippen molar-refractivity contribution in [3.8, 4) is 17.2 Å². The highest BCUT2D eigenvalue weighted by Gasteiger charge is 2.09. The van der Waals surface area contributed by atoms with Gasteiger partial charge in [0.25, 0.3) is 0 Å². The molecule has 0 aliphatic heterocycles. The number of ether oxygens (including phenoxy) is 3. The highest BCUT2D eigenvalue weighted by molar-refractivity contribution is 9.10. The number of hydrogen-bond acceptors (Lipinski definition) is 5. The van der Waals surface area contributed by atoms with Crippen LogP contribution in [0.2, 0.25) is 0 Å². The van der Waals surface area contributed by atoms with Crippen molar-refractivity contribution in [2.45, 2.75) is 12.8 Å². The van der Waals surface area contributed by atoms with Gasteiger partial charge in [0.15, 0.2) is 17.3 Å². The molecule has 0 amide bonds. The van der Waals surface area contributed by atoms with Crippen LogP contribution in [0.15, 0.2) is 40.9 Å². The van der Waals surface area contributed by atoms with E-state index in [2.05, 4.69) is 21.2 Å². The van der Waals surface area contributed by atoms with Crippen LogP contribution in [0.1, 0.15) is 11.1 Å². The van der Waals surface area contributed by atoms with Crippen molar-refractivity contribution in [3.63, 3.8) is 0 Å². The molecule has 0 aromatic heterocycles. The molecule has 0 spiro atoms. The molecule has 0 aliphatic rings. The van der Waals surface area contributed by atoms with Crippen LogP contribution in [-0.4, -0.2) is 40.2 Å². The SMILES string of the molecule is COc1ccc(Br)cc1CCNCC(=O)Cc1ccc(OC)c(OC)c1. The maximum Gasteiger partial charge on any atom is 0.161 e. The van der Waals surface area contributed by atoms with Gasteiger partial charge in [-0.1, -0.05) is 22.0 Å². The zero-order valence-electron chi connectivity index (χ0n) is 15.3. The van der Waals surface area contributed by atoms with Gasteiger partial charge in [-0.2, -0.15) is 0 Å². The Bertz CT molecular complexity index is 749. The van der Waals surface area contributed by atoms with Gasteiger partial charge in [0.2, 0.25) is 0 Å². The van der Waals surface area contributed by atoms with Crippen LogP contribution in [0.25, 0.3) is 0 Å². The predicted molar refractivity (Wildman–Crippen MR) is 106 cm³/mol. The highest BCUT2D eigenvalue weighted by Crippen LogP contribution is 2.27. The summed E-state index contributed by atoms with van der Waals surface area (Å²) < 4.78 is 16.9. The Labute approximate surface area is 162 Å². The minimum absolute atomic E-state index is 0.124. The summed E-state index contributed by atoms with van der Waals surface area (Å²) in [5.41, 5.74) is 2.00. The van der Waals surface area contributed by atoms with Crippen LogP contribution in [-0.2, 0) is 17.6 Å². The quantitative estimate of drug-likeness (QED) is 0.595. The summed E-state index contributed by atoms with van der Waals surface area (Å²) in [5.74, 6) is 2.27. The fourth-order valence-corrected chi connectivity index (χ4v) is 3.08. The van der Waals surface area contributed by atoms with E-state index < -0.39 is 0 Å². The molecule has 0 saturated heterocycles. The first-order valence-corrected chi connectivity index (χ1v) is 9.12. The number of methoxy groups -OCH3 is 3. The van der Waals surface area contributed by atoms with Gasteiger partial charge in [0.1, 0.15) is 5.75 Å². The minimum Gasteiger partial charge on any atom is -0.496 e. The second kappa shape index (κ2) is 10.2. The molecule has 6 heteroatoms. The molecule has 2 aromatic carbocycles. The third kappa shape index (κ3) is 5.75. The van der Waals surface area contributed by atoms with Gasteiger partial charge in [-0.15, -0.1) is 0 Å². The van der Waals surface area contributed by atoms with Crippen LogP contribution >= 0.6 is 15.9 Å². The lowest BCUT2D eigenvalue weighted by Gasteiger charge is -2.10. The Morgan fingerprint density at radius 2 is 1.65 bits per heavy atom. The number of hydrogen-bond donors (Lipinski definition) is 1. The van der Waals surface area contributed by atoms with Crippen molar-refractivity contribution in [2.75, 3.05) is 34.4 Å². The van der Waals surface area contributed by atoms with E-state index in [4.69, 9.17) is 14.2 Å². The molecule has 5 nitrogen and oxygen atoms in total. The molecular formula is C20H24BrNO4. The lowest BCUT2D eigenvalue weighted by molar-refractivity contribution is -0.117. The number of ketones is 1. The Morgan fingerprint density at radius 3 is 2.35 bits per heavy atom. The third-order valence-corrected chi connectivity index (χ3v) is 4.48. The number of carbonyl (C=O) groups excluding carboxylic acids is 1. The fourth-order valence-electron chi connectivity index (χ4n) is 2.67. The van der Waals surface area contributed by atoms with E-state index in [0.717, 1.165) is 27.8 Å². The summed E-state index contributed by atoms with van der Waals surface area (Å²) in [5, 5.41) is 3.20. The first-order chi connectivity index (χ1) is 12.6. The predicted octanol–water partition coefficient (Wildman–Crippen LogP) is 3.42. The minimum atomic E-state index is 0.124. The van der Waals surface area contributed by atoms with Gasteiger partial charge in [0.05, 0.1) is 27.9 Å². The number of benzene rings is 2. The molecule has 0 bridgehead atoms. The third-order valence-electron chi connectivity index (χ3n) is 3.98. The molecule has 0 heterocycles. The monoisotopic (exact) mass is 421 g/mol. The topological polar surface area (TPSA) is 56.8 Å². The van der Waals surface area contributed by atoms with E-state index in [0.29, 0.717) is 31.0 Å². The molecule has 140 valence electrons. The Balaban J connectivity index is 1.82. The standard InChI is InChI=1S/C20H24BrNO4/c1-24-18-7-5-16(21)12-15(18)8-9-22-13-17(23)10-14-4-6-19(25-2)20(11-14)26-3/h4-7,11-12,22H,8-10,13H2,1-3H3. The van der Waals surface area contributed by atoms with E-state index in [1.165, 1.54) is 0 Å². The normalized spacial score (nSPS) is 10.5. The van der Waals surface area contributed by atoms with E-state index in [-0.39, 0.29) is 5.78 Å². The van der Waals surface area contributed by atoms with E-state index in [1.54, 1.807) is 21.3 Å². The molecule has 0 aliphatic carbocycles. The van der Waals surface area contributed by atoms with Gasteiger partial charge in [-0.25, -0.2) is 0 Å². The molecule has 0 fully saturated rings. The molecule has 0 saturated carbocycles. The summed E-state index contributed by atoms with van der Waals surface area (Å²) in [7, 11) is 4.83. The average Bonchev–Trinajstić information content (AvgIpc) is 2.65. The largest absolute Gasteiger partial charge is 0.496 e. The smallest absolute Gasteiger partial charge is 0.161 e. The maximum absolute atomic E-state index is 12.2. The summed E-state index contributed by atoms with van der Waals surface area (Å²) in [4.78, 5) is 12.2. The summed E-state index contributed by atoms with van der Waals surface area (Å²) in [6, 6.07) is 11.4. The molecule has 0 unspecified atom stereocenters. The van der Waals surface area contributed by atoms with Crippen molar-refractivity contribution < 1.29 is 19.0 Å². The van der Waals surface area contributed by atoms with Crippen LogP contribution in [0.4, 0.5) is 0 Å². The van der Waals surface area contributed by atoms with Gasteiger partial charge in [-0.3, -0.25) is 4.79 Å². The molecule has 2 aromatic rings. The van der Waals surface area contributed by atoms with Crippen LogP contribution < -0.4 is 19.5 Å². The highest BCUT2D eigenvalue weighted by atomic mass is 79.9. The zero-order chi connectivity index (χ0) is 18.9. The molecule has 2 rings (SSSR count). The second-order valence-corrected chi connectivity index (χ2v) is 6.70. The Kier molecular flexibility index (Phi) is 7.94. The summed E-state index contributed by atoms with van der Waals surface area (Å²) in [6.07, 6.45) is 1.14. The molecular weight excluding hydrogens is 398 g/mol. The van der Waals surface area contributed by atoms with Crippen LogP contribution in [0.5, 0.6) is 17.2 Å². The number of rotatable bonds is 10. The Hall–Kier alpha value is -2.05. The van der Waals surface area contributed by atoms with Gasteiger partial charge < -0.3 is 19.5 Å². The lowest BCUT2D eigenvalue weighted by atomic mass is 10.1. The second-order valence-electron chi connectivity index (χ2n) is 5.79. The lowest BCUT2D eigenvalue weighted by Crippen LogP contribution is -2.26. The van der Waals surface area contributed by atoms with Crippen molar-refractivity contribution in [1.29, 1.82) is 0 Å². The molecule has 0 radical (unpaired) electrons. The van der Waals surface area contributed by atoms with Gasteiger partial charge in [0, 0.05) is 10.9 Å². The van der Waals surface area contributed by atoms with Crippen molar-refractivity contribution in [3.05, 3.63) is 52.0 Å². The van der Waals surface area contributed by atoms with E-state index in [1.807, 2.05) is 36.4 Å². The first kappa shape index (κ1) is 20.3. The molecule has 1 N–H and O–H groups in total. The van der Waals surface area contributed by atoms with Crippen LogP contribution in [0.3, 0.4) is 0 Å². The van der Waals surface area contributed by atoms with E-state index >= 15 is 0 Å². The number of carbonyl (C=O) groups is 1. The fraction of sp³-hybridized carbons (Fsp3) is 0.350. The molecule has 0 atom stereocenters. The average molecular weight is 422 g/mol. The summed E-state index contributed by atoms with van der Waals surface area (Å²) in [6.45, 7) is 1.02. The van der Waals surface area contributed by atoms with Crippen LogP contribution in [0, 0.1) is 0 Å². The number of Topliss-reactive ketones (excluding diaryl/α,β-unsaturated/α-hetero) is 1. The zero-order valence-corrected chi connectivity index (χ0v) is 16.9. The van der Waals surface area contributed by atoms with Gasteiger partial charge in [-0.05, 0) is 54.4 Å². The molecule has 26 heavy (non-hydrogen) atoms. The van der Waals surface area contributed by atoms with Crippen molar-refractivity contribution in [1.82, 2.24) is 5.32 Å². The number of halogens is 1. The van der Waals surface area contributed by atoms with Gasteiger partial charge >= 0.3 is 0 Å². The maximum atomic E-state index is 12.2. The number of nitrogens with one attached hydrogen (secondary N) is 1. The summed E-state index contributed by atoms with van der Waals surface area (Å²) >= 11 is 3.47. The Morgan fingerprint density at radius 1 is 0.962 bits per heavy atom. The first-order valence-electron chi connectivity index (χ1n) is 8.33. The van der Waals surface area contributed by atoms with Crippen molar-refractivity contribution in [2.24, 2.45) is 0 Å². The van der Waals surface area contributed by atoms with E-state index in [9.17, 15) is 4.79 Å². The van der Waals surface area contributed by atoms with Crippen molar-refractivity contribution >= 4 is 21.7 Å².